The Morgan fingerprint density at radius 3 is 2.11 bits per heavy atom. The molecular formula is C34H35Cl2N3O5S. The molecule has 1 N–H and O–H groups in total. The molecule has 45 heavy (non-hydrogen) atoms. The third-order valence-corrected chi connectivity index (χ3v) is 9.71. The van der Waals surface area contributed by atoms with E-state index in [9.17, 15) is 18.0 Å². The van der Waals surface area contributed by atoms with Crippen LogP contribution in [0.4, 0.5) is 5.69 Å². The van der Waals surface area contributed by atoms with E-state index in [0.29, 0.717) is 22.2 Å². The first-order valence-electron chi connectivity index (χ1n) is 14.3. The van der Waals surface area contributed by atoms with Gasteiger partial charge in [-0.3, -0.25) is 13.9 Å². The Labute approximate surface area is 274 Å². The summed E-state index contributed by atoms with van der Waals surface area (Å²) in [6, 6.07) is 26.2. The second-order valence-electron chi connectivity index (χ2n) is 10.3. The van der Waals surface area contributed by atoms with Crippen LogP contribution in [0.15, 0.2) is 102 Å². The average Bonchev–Trinajstić information content (AvgIpc) is 3.03. The van der Waals surface area contributed by atoms with E-state index in [4.69, 9.17) is 27.9 Å². The van der Waals surface area contributed by atoms with Crippen LogP contribution in [0.5, 0.6) is 5.75 Å². The number of rotatable bonds is 13. The second kappa shape index (κ2) is 15.3. The molecule has 0 aromatic heterocycles. The molecule has 4 rings (SSSR count). The fraction of sp³-hybridized carbons (Fsp3) is 0.235. The molecule has 0 saturated carbocycles. The average molecular weight is 669 g/mol. The van der Waals surface area contributed by atoms with Gasteiger partial charge in [0.25, 0.3) is 10.0 Å². The third kappa shape index (κ3) is 8.16. The number of methoxy groups -OCH3 is 1. The Balaban J connectivity index is 1.87. The van der Waals surface area contributed by atoms with E-state index in [1.807, 2.05) is 37.3 Å². The Morgan fingerprint density at radius 2 is 1.51 bits per heavy atom. The highest BCUT2D eigenvalue weighted by Crippen LogP contribution is 2.34. The molecule has 0 aliphatic rings. The van der Waals surface area contributed by atoms with Crippen molar-refractivity contribution < 1.29 is 22.7 Å². The summed E-state index contributed by atoms with van der Waals surface area (Å²) < 4.78 is 35.0. The standard InChI is InChI=1S/C34H35Cl2N3O5S/c1-4-37-34(41)31(21-25-12-7-5-8-13-25)38(22-27-28(35)16-11-17-29(27)36)33(40)23-39(30-20-24(2)18-19-32(30)44-3)45(42,43)26-14-9-6-10-15-26/h5-20,31H,4,21-23H2,1-3H3,(H,37,41)/t31-/m1/s1. The number of carbonyl (C=O) groups excluding carboxylic acids is 2. The number of carbonyl (C=O) groups is 2. The van der Waals surface area contributed by atoms with Crippen molar-refractivity contribution in [1.82, 2.24) is 10.2 Å². The molecule has 236 valence electrons. The van der Waals surface area contributed by atoms with Crippen molar-refractivity contribution in [3.05, 3.63) is 124 Å². The van der Waals surface area contributed by atoms with Gasteiger partial charge in [0.15, 0.2) is 0 Å². The first-order valence-corrected chi connectivity index (χ1v) is 16.5. The van der Waals surface area contributed by atoms with Gasteiger partial charge >= 0.3 is 0 Å². The number of ether oxygens (including phenoxy) is 1. The molecule has 0 unspecified atom stereocenters. The van der Waals surface area contributed by atoms with E-state index < -0.39 is 34.4 Å². The largest absolute Gasteiger partial charge is 0.495 e. The van der Waals surface area contributed by atoms with Crippen LogP contribution < -0.4 is 14.4 Å². The third-order valence-electron chi connectivity index (χ3n) is 7.23. The van der Waals surface area contributed by atoms with E-state index in [1.165, 1.54) is 24.1 Å². The Hall–Kier alpha value is -4.05. The lowest BCUT2D eigenvalue weighted by atomic mass is 10.0. The zero-order valence-electron chi connectivity index (χ0n) is 25.2. The van der Waals surface area contributed by atoms with Crippen LogP contribution in [0, 0.1) is 6.92 Å². The number of amides is 2. The topological polar surface area (TPSA) is 96.0 Å². The predicted molar refractivity (Wildman–Crippen MR) is 178 cm³/mol. The van der Waals surface area contributed by atoms with Crippen LogP contribution in [0.3, 0.4) is 0 Å². The van der Waals surface area contributed by atoms with Gasteiger partial charge in [-0.05, 0) is 61.4 Å². The minimum absolute atomic E-state index is 0.00776. The van der Waals surface area contributed by atoms with E-state index in [2.05, 4.69) is 5.32 Å². The molecule has 4 aromatic rings. The molecule has 11 heteroatoms. The number of nitrogens with one attached hydrogen (secondary N) is 1. The first kappa shape index (κ1) is 33.8. The Morgan fingerprint density at radius 1 is 0.889 bits per heavy atom. The maximum absolute atomic E-state index is 14.6. The zero-order valence-corrected chi connectivity index (χ0v) is 27.6. The SMILES string of the molecule is CCNC(=O)[C@@H](Cc1ccccc1)N(Cc1c(Cl)cccc1Cl)C(=O)CN(c1cc(C)ccc1OC)S(=O)(=O)c1ccccc1. The van der Waals surface area contributed by atoms with Crippen LogP contribution in [0.1, 0.15) is 23.6 Å². The molecule has 0 bridgehead atoms. The van der Waals surface area contributed by atoms with Crippen molar-refractivity contribution in [3.63, 3.8) is 0 Å². The van der Waals surface area contributed by atoms with Gasteiger partial charge in [-0.25, -0.2) is 8.42 Å². The Kier molecular flexibility index (Phi) is 11.5. The summed E-state index contributed by atoms with van der Waals surface area (Å²) in [5.74, 6) is -0.775. The zero-order chi connectivity index (χ0) is 32.6. The van der Waals surface area contributed by atoms with Crippen molar-refractivity contribution in [1.29, 1.82) is 0 Å². The highest BCUT2D eigenvalue weighted by molar-refractivity contribution is 7.92. The Bertz CT molecular complexity index is 1720. The van der Waals surface area contributed by atoms with Gasteiger partial charge < -0.3 is 15.0 Å². The maximum atomic E-state index is 14.6. The summed E-state index contributed by atoms with van der Waals surface area (Å²) in [4.78, 5) is 29.6. The molecular weight excluding hydrogens is 633 g/mol. The molecule has 8 nitrogen and oxygen atoms in total. The monoisotopic (exact) mass is 667 g/mol. The lowest BCUT2D eigenvalue weighted by Crippen LogP contribution is -2.53. The summed E-state index contributed by atoms with van der Waals surface area (Å²) in [6.45, 7) is 3.15. The van der Waals surface area contributed by atoms with Gasteiger partial charge in [0.05, 0.1) is 17.7 Å². The fourth-order valence-electron chi connectivity index (χ4n) is 4.93. The summed E-state index contributed by atoms with van der Waals surface area (Å²) >= 11 is 13.1. The summed E-state index contributed by atoms with van der Waals surface area (Å²) in [6.07, 6.45) is 0.166. The predicted octanol–water partition coefficient (Wildman–Crippen LogP) is 6.28. The van der Waals surface area contributed by atoms with E-state index >= 15 is 0 Å². The summed E-state index contributed by atoms with van der Waals surface area (Å²) in [7, 11) is -2.85. The normalized spacial score (nSPS) is 11.8. The van der Waals surface area contributed by atoms with Gasteiger partial charge in [-0.15, -0.1) is 0 Å². The number of benzene rings is 4. The molecule has 0 saturated heterocycles. The molecule has 0 aliphatic carbocycles. The summed E-state index contributed by atoms with van der Waals surface area (Å²) in [5, 5.41) is 3.45. The van der Waals surface area contributed by atoms with Crippen molar-refractivity contribution in [2.24, 2.45) is 0 Å². The van der Waals surface area contributed by atoms with E-state index in [1.54, 1.807) is 61.5 Å². The van der Waals surface area contributed by atoms with Crippen molar-refractivity contribution in [3.8, 4) is 5.75 Å². The minimum Gasteiger partial charge on any atom is -0.495 e. The van der Waals surface area contributed by atoms with Crippen LogP contribution in [0.2, 0.25) is 10.0 Å². The van der Waals surface area contributed by atoms with Gasteiger partial charge in [0.1, 0.15) is 18.3 Å². The molecule has 0 heterocycles. The van der Waals surface area contributed by atoms with Crippen LogP contribution in [0.25, 0.3) is 0 Å². The first-order chi connectivity index (χ1) is 21.6. The molecule has 1 atom stereocenters. The van der Waals surface area contributed by atoms with E-state index in [-0.39, 0.29) is 29.3 Å². The lowest BCUT2D eigenvalue weighted by molar-refractivity contribution is -0.140. The number of sulfonamides is 1. The molecule has 0 aliphatic heterocycles. The highest BCUT2D eigenvalue weighted by atomic mass is 35.5. The van der Waals surface area contributed by atoms with Gasteiger partial charge in [0, 0.05) is 35.1 Å². The van der Waals surface area contributed by atoms with Crippen molar-refractivity contribution >= 4 is 50.7 Å². The van der Waals surface area contributed by atoms with Gasteiger partial charge in [-0.1, -0.05) is 83.9 Å². The number of hydrogen-bond acceptors (Lipinski definition) is 5. The number of aryl methyl sites for hydroxylation is 1. The van der Waals surface area contributed by atoms with Crippen molar-refractivity contribution in [2.75, 3.05) is 24.5 Å². The van der Waals surface area contributed by atoms with Crippen molar-refractivity contribution in [2.45, 2.75) is 37.8 Å². The highest BCUT2D eigenvalue weighted by Gasteiger charge is 2.36. The van der Waals surface area contributed by atoms with Gasteiger partial charge in [0.2, 0.25) is 11.8 Å². The van der Waals surface area contributed by atoms with Crippen LogP contribution in [-0.4, -0.2) is 51.4 Å². The summed E-state index contributed by atoms with van der Waals surface area (Å²) in [5.41, 5.74) is 2.19. The number of anilines is 1. The maximum Gasteiger partial charge on any atom is 0.264 e. The van der Waals surface area contributed by atoms with Gasteiger partial charge in [-0.2, -0.15) is 0 Å². The fourth-order valence-corrected chi connectivity index (χ4v) is 6.88. The number of nitrogens with zero attached hydrogens (tertiary/aromatic N) is 2. The minimum atomic E-state index is -4.28. The number of hydrogen-bond donors (Lipinski definition) is 1. The number of halogens is 2. The van der Waals surface area contributed by atoms with Crippen LogP contribution in [-0.2, 0) is 32.6 Å². The second-order valence-corrected chi connectivity index (χ2v) is 13.0. The quantitative estimate of drug-likeness (QED) is 0.181. The molecule has 0 fully saturated rings. The lowest BCUT2D eigenvalue weighted by Gasteiger charge is -2.34. The molecule has 4 aromatic carbocycles. The van der Waals surface area contributed by atoms with E-state index in [0.717, 1.165) is 15.4 Å². The molecule has 2 amide bonds. The molecule has 0 radical (unpaired) electrons. The smallest absolute Gasteiger partial charge is 0.264 e. The molecule has 0 spiro atoms. The van der Waals surface area contributed by atoms with Crippen LogP contribution >= 0.6 is 23.2 Å². The number of likely N-dealkylation sites (N-methyl/N-ethyl adjacent to an activating group) is 1.